The third kappa shape index (κ3) is 4.90. The Balaban J connectivity index is 2.57. The molecule has 6 nitrogen and oxygen atoms in total. The lowest BCUT2D eigenvalue weighted by Crippen LogP contribution is -2.10. The van der Waals surface area contributed by atoms with Gasteiger partial charge in [0.2, 0.25) is 0 Å². The van der Waals surface area contributed by atoms with Gasteiger partial charge < -0.3 is 9.84 Å². The molecular formula is C13H14O6. The van der Waals surface area contributed by atoms with Crippen LogP contribution in [0.3, 0.4) is 0 Å². The van der Waals surface area contributed by atoms with Gasteiger partial charge in [-0.05, 0) is 24.3 Å². The van der Waals surface area contributed by atoms with Crippen LogP contribution in [0.15, 0.2) is 36.9 Å². The molecule has 0 saturated carbocycles. The van der Waals surface area contributed by atoms with Crippen LogP contribution < -0.4 is 0 Å². The number of aliphatic hydroxyl groups excluding tert-OH is 1. The molecule has 19 heavy (non-hydrogen) atoms. The summed E-state index contributed by atoms with van der Waals surface area (Å²) >= 11 is 0. The van der Waals surface area contributed by atoms with Crippen molar-refractivity contribution in [3.05, 3.63) is 48.0 Å². The molecule has 0 unspecified atom stereocenters. The number of carbonyl (C=O) groups excluding carboxylic acids is 2. The Labute approximate surface area is 110 Å². The van der Waals surface area contributed by atoms with Crippen LogP contribution in [-0.2, 0) is 14.5 Å². The van der Waals surface area contributed by atoms with Crippen LogP contribution in [0.4, 0.5) is 0 Å². The van der Waals surface area contributed by atoms with Gasteiger partial charge in [-0.1, -0.05) is 6.08 Å². The van der Waals surface area contributed by atoms with E-state index in [1.165, 1.54) is 30.3 Å². The largest absolute Gasteiger partial charge is 0.460 e. The standard InChI is InChI=1S/C13H14O6/c1-2-8-18-19-13(16)11-5-3-10(4-6-11)12(15)17-9-7-14/h2-6,14H,1,7-9H2. The van der Waals surface area contributed by atoms with E-state index in [4.69, 9.17) is 9.84 Å². The van der Waals surface area contributed by atoms with Crippen LogP contribution in [0.1, 0.15) is 20.7 Å². The fourth-order valence-corrected chi connectivity index (χ4v) is 1.15. The molecule has 0 aliphatic carbocycles. The lowest BCUT2D eigenvalue weighted by atomic mass is 10.1. The van der Waals surface area contributed by atoms with Crippen LogP contribution in [0.25, 0.3) is 0 Å². The van der Waals surface area contributed by atoms with Gasteiger partial charge in [-0.25, -0.2) is 9.59 Å². The molecule has 0 saturated heterocycles. The molecule has 0 fully saturated rings. The molecule has 0 aliphatic rings. The molecule has 0 heterocycles. The molecule has 1 N–H and O–H groups in total. The first kappa shape index (κ1) is 14.9. The van der Waals surface area contributed by atoms with Crippen molar-refractivity contribution in [2.45, 2.75) is 0 Å². The first-order chi connectivity index (χ1) is 9.19. The summed E-state index contributed by atoms with van der Waals surface area (Å²) in [4.78, 5) is 31.9. The predicted octanol–water partition coefficient (Wildman–Crippen LogP) is 1.11. The SMILES string of the molecule is C=CCOOC(=O)c1ccc(C(=O)OCCO)cc1. The monoisotopic (exact) mass is 266 g/mol. The Morgan fingerprint density at radius 1 is 1.16 bits per heavy atom. The smallest absolute Gasteiger partial charge is 0.373 e. The number of aliphatic hydroxyl groups is 1. The van der Waals surface area contributed by atoms with Crippen LogP contribution in [-0.4, -0.2) is 36.9 Å². The van der Waals surface area contributed by atoms with E-state index in [2.05, 4.69) is 16.4 Å². The minimum Gasteiger partial charge on any atom is -0.460 e. The van der Waals surface area contributed by atoms with Crippen molar-refractivity contribution in [2.75, 3.05) is 19.8 Å². The number of hydrogen-bond donors (Lipinski definition) is 1. The number of rotatable bonds is 7. The number of ether oxygens (including phenoxy) is 1. The van der Waals surface area contributed by atoms with Crippen LogP contribution in [0.2, 0.25) is 0 Å². The third-order valence-corrected chi connectivity index (χ3v) is 2.00. The highest BCUT2D eigenvalue weighted by Gasteiger charge is 2.11. The number of hydrogen-bond acceptors (Lipinski definition) is 6. The van der Waals surface area contributed by atoms with Gasteiger partial charge in [0.05, 0.1) is 17.7 Å². The molecular weight excluding hydrogens is 252 g/mol. The van der Waals surface area contributed by atoms with Gasteiger partial charge in [0, 0.05) is 0 Å². The van der Waals surface area contributed by atoms with Crippen molar-refractivity contribution in [1.29, 1.82) is 0 Å². The topological polar surface area (TPSA) is 82.1 Å². The zero-order chi connectivity index (χ0) is 14.1. The Hall–Kier alpha value is -2.18. The maximum atomic E-state index is 11.4. The van der Waals surface area contributed by atoms with Crippen LogP contribution in [0.5, 0.6) is 0 Å². The summed E-state index contributed by atoms with van der Waals surface area (Å²) in [6, 6.07) is 5.66. The van der Waals surface area contributed by atoms with E-state index in [-0.39, 0.29) is 30.9 Å². The Morgan fingerprint density at radius 3 is 2.26 bits per heavy atom. The van der Waals surface area contributed by atoms with Crippen molar-refractivity contribution < 1.29 is 29.2 Å². The summed E-state index contributed by atoms with van der Waals surface area (Å²) in [5, 5.41) is 8.52. The fourth-order valence-electron chi connectivity index (χ4n) is 1.15. The molecule has 0 bridgehead atoms. The average Bonchev–Trinajstić information content (AvgIpc) is 2.45. The number of carbonyl (C=O) groups is 2. The van der Waals surface area contributed by atoms with Gasteiger partial charge in [-0.2, -0.15) is 4.89 Å². The number of esters is 1. The fraction of sp³-hybridized carbons (Fsp3) is 0.231. The lowest BCUT2D eigenvalue weighted by molar-refractivity contribution is -0.231. The zero-order valence-corrected chi connectivity index (χ0v) is 10.2. The van der Waals surface area contributed by atoms with Crippen molar-refractivity contribution in [3.8, 4) is 0 Å². The Morgan fingerprint density at radius 2 is 1.74 bits per heavy atom. The highest BCUT2D eigenvalue weighted by molar-refractivity contribution is 5.93. The van der Waals surface area contributed by atoms with E-state index < -0.39 is 11.9 Å². The molecule has 0 amide bonds. The maximum Gasteiger partial charge on any atom is 0.373 e. The molecule has 0 atom stereocenters. The zero-order valence-electron chi connectivity index (χ0n) is 10.2. The second-order valence-electron chi connectivity index (χ2n) is 3.38. The van der Waals surface area contributed by atoms with Crippen molar-refractivity contribution in [3.63, 3.8) is 0 Å². The second kappa shape index (κ2) is 8.02. The highest BCUT2D eigenvalue weighted by Crippen LogP contribution is 2.07. The minimum atomic E-state index is -0.669. The molecule has 0 aromatic heterocycles. The normalized spacial score (nSPS) is 9.74. The van der Waals surface area contributed by atoms with Gasteiger partial charge in [0.1, 0.15) is 13.2 Å². The van der Waals surface area contributed by atoms with Crippen molar-refractivity contribution in [1.82, 2.24) is 0 Å². The molecule has 1 rings (SSSR count). The summed E-state index contributed by atoms with van der Waals surface area (Å²) in [6.07, 6.45) is 1.44. The maximum absolute atomic E-state index is 11.4. The van der Waals surface area contributed by atoms with Crippen molar-refractivity contribution in [2.24, 2.45) is 0 Å². The molecule has 0 aliphatic heterocycles. The van der Waals surface area contributed by atoms with E-state index in [0.717, 1.165) is 0 Å². The Kier molecular flexibility index (Phi) is 6.28. The molecule has 102 valence electrons. The summed E-state index contributed by atoms with van der Waals surface area (Å²) in [7, 11) is 0. The van der Waals surface area contributed by atoms with Gasteiger partial charge in [0.25, 0.3) is 0 Å². The molecule has 0 spiro atoms. The molecule has 0 radical (unpaired) electrons. The quantitative estimate of drug-likeness (QED) is 0.262. The van der Waals surface area contributed by atoms with E-state index in [0.29, 0.717) is 0 Å². The van der Waals surface area contributed by atoms with E-state index in [9.17, 15) is 9.59 Å². The summed E-state index contributed by atoms with van der Waals surface area (Å²) in [5.74, 6) is -1.24. The van der Waals surface area contributed by atoms with Crippen molar-refractivity contribution >= 4 is 11.9 Å². The number of benzene rings is 1. The second-order valence-corrected chi connectivity index (χ2v) is 3.38. The lowest BCUT2D eigenvalue weighted by Gasteiger charge is -2.04. The van der Waals surface area contributed by atoms with Gasteiger partial charge >= 0.3 is 11.9 Å². The summed E-state index contributed by atoms with van der Waals surface area (Å²) in [6.45, 7) is 3.18. The molecule has 1 aromatic carbocycles. The van der Waals surface area contributed by atoms with E-state index in [1.54, 1.807) is 0 Å². The first-order valence-corrected chi connectivity index (χ1v) is 5.51. The molecule has 1 aromatic rings. The van der Waals surface area contributed by atoms with Gasteiger partial charge in [-0.15, -0.1) is 6.58 Å². The summed E-state index contributed by atoms with van der Waals surface area (Å²) in [5.41, 5.74) is 0.514. The van der Waals surface area contributed by atoms with Gasteiger partial charge in [0.15, 0.2) is 0 Å². The van der Waals surface area contributed by atoms with Gasteiger partial charge in [-0.3, -0.25) is 4.89 Å². The summed E-state index contributed by atoms with van der Waals surface area (Å²) < 4.78 is 4.72. The molecule has 6 heteroatoms. The third-order valence-electron chi connectivity index (χ3n) is 2.00. The first-order valence-electron chi connectivity index (χ1n) is 5.51. The average molecular weight is 266 g/mol. The van der Waals surface area contributed by atoms with Crippen LogP contribution >= 0.6 is 0 Å². The Bertz CT molecular complexity index is 437. The highest BCUT2D eigenvalue weighted by atomic mass is 17.2. The van der Waals surface area contributed by atoms with Crippen LogP contribution in [0, 0.1) is 0 Å². The van der Waals surface area contributed by atoms with E-state index >= 15 is 0 Å². The predicted molar refractivity (Wildman–Crippen MR) is 65.4 cm³/mol. The minimum absolute atomic E-state index is 0.0714. The van der Waals surface area contributed by atoms with E-state index in [1.807, 2.05) is 0 Å².